The number of rotatable bonds is 2. The summed E-state index contributed by atoms with van der Waals surface area (Å²) >= 11 is 5.89. The molecule has 2 aromatic carbocycles. The zero-order valence-electron chi connectivity index (χ0n) is 9.67. The maximum Gasteiger partial charge on any atom is 0.128 e. The van der Waals surface area contributed by atoms with Gasteiger partial charge in [-0.15, -0.1) is 0 Å². The van der Waals surface area contributed by atoms with Crippen LogP contribution in [0, 0.1) is 24.1 Å². The number of benzene rings is 2. The predicted octanol–water partition coefficient (Wildman–Crippen LogP) is 4.40. The lowest BCUT2D eigenvalue weighted by atomic mass is 10.1. The SMILES string of the molecule is Cc1c(F)cccc1Nc1cc(Cl)ccc1C#N. The summed E-state index contributed by atoms with van der Waals surface area (Å²) in [6.07, 6.45) is 0. The van der Waals surface area contributed by atoms with Gasteiger partial charge in [0.2, 0.25) is 0 Å². The first-order chi connectivity index (χ1) is 8.61. The van der Waals surface area contributed by atoms with E-state index < -0.39 is 0 Å². The Kier molecular flexibility index (Phi) is 3.50. The van der Waals surface area contributed by atoms with Crippen molar-refractivity contribution >= 4 is 23.0 Å². The van der Waals surface area contributed by atoms with E-state index in [4.69, 9.17) is 16.9 Å². The van der Waals surface area contributed by atoms with Gasteiger partial charge in [-0.05, 0) is 37.3 Å². The van der Waals surface area contributed by atoms with Crippen molar-refractivity contribution in [3.8, 4) is 6.07 Å². The van der Waals surface area contributed by atoms with E-state index in [0.29, 0.717) is 27.5 Å². The highest BCUT2D eigenvalue weighted by molar-refractivity contribution is 6.30. The van der Waals surface area contributed by atoms with Crippen LogP contribution >= 0.6 is 11.6 Å². The lowest BCUT2D eigenvalue weighted by molar-refractivity contribution is 0.619. The van der Waals surface area contributed by atoms with Gasteiger partial charge in [0.25, 0.3) is 0 Å². The average molecular weight is 261 g/mol. The molecule has 0 atom stereocenters. The van der Waals surface area contributed by atoms with Gasteiger partial charge in [-0.3, -0.25) is 0 Å². The largest absolute Gasteiger partial charge is 0.354 e. The van der Waals surface area contributed by atoms with E-state index in [1.165, 1.54) is 6.07 Å². The maximum atomic E-state index is 13.4. The molecule has 0 aliphatic carbocycles. The summed E-state index contributed by atoms with van der Waals surface area (Å²) < 4.78 is 13.4. The van der Waals surface area contributed by atoms with Gasteiger partial charge in [0.1, 0.15) is 11.9 Å². The van der Waals surface area contributed by atoms with Gasteiger partial charge in [-0.1, -0.05) is 17.7 Å². The van der Waals surface area contributed by atoms with E-state index in [1.54, 1.807) is 37.3 Å². The molecule has 0 radical (unpaired) electrons. The van der Waals surface area contributed by atoms with Crippen LogP contribution in [0.1, 0.15) is 11.1 Å². The van der Waals surface area contributed by atoms with Crippen LogP contribution in [-0.4, -0.2) is 0 Å². The van der Waals surface area contributed by atoms with Gasteiger partial charge in [-0.25, -0.2) is 4.39 Å². The fourth-order valence-corrected chi connectivity index (χ4v) is 1.78. The number of nitriles is 1. The Balaban J connectivity index is 2.43. The maximum absolute atomic E-state index is 13.4. The highest BCUT2D eigenvalue weighted by Crippen LogP contribution is 2.26. The summed E-state index contributed by atoms with van der Waals surface area (Å²) in [5, 5.41) is 12.5. The smallest absolute Gasteiger partial charge is 0.128 e. The van der Waals surface area contributed by atoms with E-state index in [1.807, 2.05) is 0 Å². The Hall–Kier alpha value is -2.05. The molecule has 0 saturated heterocycles. The van der Waals surface area contributed by atoms with Crippen molar-refractivity contribution < 1.29 is 4.39 Å². The van der Waals surface area contributed by atoms with Crippen molar-refractivity contribution in [1.29, 1.82) is 5.26 Å². The quantitative estimate of drug-likeness (QED) is 0.869. The fraction of sp³-hybridized carbons (Fsp3) is 0.0714. The highest BCUT2D eigenvalue weighted by Gasteiger charge is 2.07. The van der Waals surface area contributed by atoms with Crippen LogP contribution in [-0.2, 0) is 0 Å². The third-order valence-electron chi connectivity index (χ3n) is 2.64. The normalized spacial score (nSPS) is 9.89. The zero-order valence-corrected chi connectivity index (χ0v) is 10.4. The van der Waals surface area contributed by atoms with Gasteiger partial charge >= 0.3 is 0 Å². The Labute approximate surface area is 110 Å². The van der Waals surface area contributed by atoms with Crippen molar-refractivity contribution in [2.24, 2.45) is 0 Å². The molecule has 2 rings (SSSR count). The van der Waals surface area contributed by atoms with Crippen molar-refractivity contribution in [3.63, 3.8) is 0 Å². The van der Waals surface area contributed by atoms with Gasteiger partial charge in [0.15, 0.2) is 0 Å². The molecular formula is C14H10ClFN2. The lowest BCUT2D eigenvalue weighted by Gasteiger charge is -2.11. The lowest BCUT2D eigenvalue weighted by Crippen LogP contribution is -1.97. The Morgan fingerprint density at radius 2 is 2.00 bits per heavy atom. The topological polar surface area (TPSA) is 35.8 Å². The molecule has 0 bridgehead atoms. The minimum atomic E-state index is -0.291. The van der Waals surface area contributed by atoms with Gasteiger partial charge in [0.05, 0.1) is 11.3 Å². The second kappa shape index (κ2) is 5.07. The summed E-state index contributed by atoms with van der Waals surface area (Å²) in [6, 6.07) is 11.7. The molecule has 4 heteroatoms. The molecule has 0 spiro atoms. The van der Waals surface area contributed by atoms with Crippen molar-refractivity contribution in [2.45, 2.75) is 6.92 Å². The van der Waals surface area contributed by atoms with Crippen LogP contribution in [0.5, 0.6) is 0 Å². The number of hydrogen-bond acceptors (Lipinski definition) is 2. The molecule has 0 unspecified atom stereocenters. The van der Waals surface area contributed by atoms with Crippen LogP contribution in [0.25, 0.3) is 0 Å². The molecule has 1 N–H and O–H groups in total. The molecule has 2 nitrogen and oxygen atoms in total. The first-order valence-electron chi connectivity index (χ1n) is 5.33. The van der Waals surface area contributed by atoms with Crippen molar-refractivity contribution in [2.75, 3.05) is 5.32 Å². The van der Waals surface area contributed by atoms with E-state index in [-0.39, 0.29) is 5.82 Å². The number of halogens is 2. The number of anilines is 2. The first kappa shape index (κ1) is 12.4. The predicted molar refractivity (Wildman–Crippen MR) is 70.6 cm³/mol. The van der Waals surface area contributed by atoms with Crippen LogP contribution in [0.4, 0.5) is 15.8 Å². The van der Waals surface area contributed by atoms with Crippen LogP contribution in [0.3, 0.4) is 0 Å². The minimum Gasteiger partial charge on any atom is -0.354 e. The van der Waals surface area contributed by atoms with Crippen LogP contribution in [0.2, 0.25) is 5.02 Å². The second-order valence-electron chi connectivity index (χ2n) is 3.84. The van der Waals surface area contributed by atoms with Gasteiger partial charge in [0, 0.05) is 16.3 Å². The summed E-state index contributed by atoms with van der Waals surface area (Å²) in [7, 11) is 0. The molecule has 18 heavy (non-hydrogen) atoms. The summed E-state index contributed by atoms with van der Waals surface area (Å²) in [6.45, 7) is 1.67. The molecule has 0 amide bonds. The highest BCUT2D eigenvalue weighted by atomic mass is 35.5. The molecule has 0 heterocycles. The fourth-order valence-electron chi connectivity index (χ4n) is 1.61. The summed E-state index contributed by atoms with van der Waals surface area (Å²) in [4.78, 5) is 0. The molecular weight excluding hydrogens is 251 g/mol. The molecule has 0 fully saturated rings. The monoisotopic (exact) mass is 260 g/mol. The van der Waals surface area contributed by atoms with E-state index in [0.717, 1.165) is 0 Å². The first-order valence-corrected chi connectivity index (χ1v) is 5.71. The molecule has 90 valence electrons. The van der Waals surface area contributed by atoms with Crippen molar-refractivity contribution in [3.05, 3.63) is 58.4 Å². The van der Waals surface area contributed by atoms with Crippen LogP contribution in [0.15, 0.2) is 36.4 Å². The minimum absolute atomic E-state index is 0.291. The summed E-state index contributed by atoms with van der Waals surface area (Å²) in [5.74, 6) is -0.291. The molecule has 0 aromatic heterocycles. The van der Waals surface area contributed by atoms with Crippen molar-refractivity contribution in [1.82, 2.24) is 0 Å². The summed E-state index contributed by atoms with van der Waals surface area (Å²) in [5.41, 5.74) is 2.15. The van der Waals surface area contributed by atoms with E-state index in [2.05, 4.69) is 11.4 Å². The third kappa shape index (κ3) is 2.44. The molecule has 0 aliphatic rings. The van der Waals surface area contributed by atoms with Gasteiger partial charge < -0.3 is 5.32 Å². The van der Waals surface area contributed by atoms with Crippen LogP contribution < -0.4 is 5.32 Å². The molecule has 2 aromatic rings. The molecule has 0 saturated carbocycles. The molecule has 0 aliphatic heterocycles. The van der Waals surface area contributed by atoms with E-state index >= 15 is 0 Å². The number of nitrogens with one attached hydrogen (secondary N) is 1. The Bertz CT molecular complexity index is 632. The second-order valence-corrected chi connectivity index (χ2v) is 4.28. The average Bonchev–Trinajstić information content (AvgIpc) is 2.35. The zero-order chi connectivity index (χ0) is 13.1. The Morgan fingerprint density at radius 3 is 2.72 bits per heavy atom. The standard InChI is InChI=1S/C14H10ClFN2/c1-9-12(16)3-2-4-13(9)18-14-7-11(15)6-5-10(14)8-17/h2-7,18H,1H3. The number of hydrogen-bond donors (Lipinski definition) is 1. The number of nitrogens with zero attached hydrogens (tertiary/aromatic N) is 1. The van der Waals surface area contributed by atoms with E-state index in [9.17, 15) is 4.39 Å². The third-order valence-corrected chi connectivity index (χ3v) is 2.87. The van der Waals surface area contributed by atoms with Gasteiger partial charge in [-0.2, -0.15) is 5.26 Å². The Morgan fingerprint density at radius 1 is 1.22 bits per heavy atom.